The molecule has 2 amide bonds. The van der Waals surface area contributed by atoms with Gasteiger partial charge in [0.2, 0.25) is 0 Å². The summed E-state index contributed by atoms with van der Waals surface area (Å²) < 4.78 is 11.2. The number of Topliss-reactive ketones (excluding diaryl/α,β-unsaturated/α-hetero) is 1. The molecule has 1 aliphatic heterocycles. The normalized spacial score (nSPS) is 16.1. The second-order valence-corrected chi connectivity index (χ2v) is 7.30. The van der Waals surface area contributed by atoms with Crippen molar-refractivity contribution in [2.45, 2.75) is 26.8 Å². The van der Waals surface area contributed by atoms with E-state index in [-0.39, 0.29) is 25.0 Å². The lowest BCUT2D eigenvalue weighted by Crippen LogP contribution is -2.48. The van der Waals surface area contributed by atoms with E-state index in [2.05, 4.69) is 5.32 Å². The molecule has 0 saturated carbocycles. The van der Waals surface area contributed by atoms with E-state index >= 15 is 0 Å². The van der Waals surface area contributed by atoms with Crippen molar-refractivity contribution in [2.24, 2.45) is 0 Å². The van der Waals surface area contributed by atoms with Gasteiger partial charge in [-0.1, -0.05) is 29.8 Å². The van der Waals surface area contributed by atoms with E-state index in [1.165, 1.54) is 11.8 Å². The Labute approximate surface area is 181 Å². The number of carbonyl (C=O) groups is 3. The van der Waals surface area contributed by atoms with Crippen LogP contribution < -0.4 is 10.1 Å². The second kappa shape index (κ2) is 9.47. The summed E-state index contributed by atoms with van der Waals surface area (Å²) in [5, 5.41) is 2.87. The topological polar surface area (TPSA) is 84.9 Å². The maximum Gasteiger partial charge on any atom is 0.338 e. The molecule has 0 bridgehead atoms. The smallest absolute Gasteiger partial charge is 0.338 e. The number of amides is 2. The van der Waals surface area contributed by atoms with Gasteiger partial charge in [-0.05, 0) is 50.6 Å². The van der Waals surface area contributed by atoms with E-state index < -0.39 is 12.0 Å². The monoisotopic (exact) mass is 422 g/mol. The quantitative estimate of drug-likeness (QED) is 0.542. The number of benzene rings is 2. The Kier molecular flexibility index (Phi) is 6.74. The van der Waals surface area contributed by atoms with Crippen LogP contribution in [0, 0.1) is 6.92 Å². The van der Waals surface area contributed by atoms with Crippen LogP contribution in [-0.4, -0.2) is 42.9 Å². The van der Waals surface area contributed by atoms with Crippen molar-refractivity contribution in [2.75, 3.05) is 20.3 Å². The molecule has 7 heteroatoms. The number of nitrogens with zero attached hydrogens (tertiary/aromatic N) is 1. The summed E-state index contributed by atoms with van der Waals surface area (Å²) in [7, 11) is 1.58. The zero-order valence-corrected chi connectivity index (χ0v) is 18.1. The van der Waals surface area contributed by atoms with Gasteiger partial charge in [0.05, 0.1) is 23.9 Å². The molecule has 2 aromatic rings. The summed E-state index contributed by atoms with van der Waals surface area (Å²) in [5.41, 5.74) is 3.17. The number of hydrogen-bond donors (Lipinski definition) is 1. The van der Waals surface area contributed by atoms with E-state index in [1.807, 2.05) is 31.2 Å². The van der Waals surface area contributed by atoms with Crippen LogP contribution >= 0.6 is 0 Å². The Morgan fingerprint density at radius 2 is 1.71 bits per heavy atom. The molecule has 0 aliphatic carbocycles. The highest BCUT2D eigenvalue weighted by atomic mass is 16.5. The van der Waals surface area contributed by atoms with Gasteiger partial charge in [-0.15, -0.1) is 0 Å². The Balaban J connectivity index is 1.97. The maximum atomic E-state index is 12.9. The highest BCUT2D eigenvalue weighted by Crippen LogP contribution is 2.31. The Morgan fingerprint density at radius 3 is 2.29 bits per heavy atom. The fourth-order valence-electron chi connectivity index (χ4n) is 3.33. The third-order valence-corrected chi connectivity index (χ3v) is 5.12. The molecule has 2 aromatic carbocycles. The van der Waals surface area contributed by atoms with Crippen molar-refractivity contribution in [1.82, 2.24) is 10.2 Å². The van der Waals surface area contributed by atoms with E-state index in [0.29, 0.717) is 22.6 Å². The molecule has 1 atom stereocenters. The first kappa shape index (κ1) is 22.1. The van der Waals surface area contributed by atoms with Crippen LogP contribution in [0.15, 0.2) is 59.8 Å². The number of likely N-dealkylation sites (N-methyl/N-ethyl adjacent to an activating group) is 1. The molecule has 0 fully saturated rings. The first-order valence-electron chi connectivity index (χ1n) is 10.1. The summed E-state index contributed by atoms with van der Waals surface area (Å²) in [6, 6.07) is 13.3. The number of ketones is 1. The molecule has 7 nitrogen and oxygen atoms in total. The lowest BCUT2D eigenvalue weighted by Gasteiger charge is -2.34. The summed E-state index contributed by atoms with van der Waals surface area (Å²) in [6.07, 6.45) is 0. The lowest BCUT2D eigenvalue weighted by molar-refractivity contribution is -0.139. The number of carbonyl (C=O) groups excluding carboxylic acids is 3. The minimum absolute atomic E-state index is 0.0140. The molecule has 31 heavy (non-hydrogen) atoms. The Morgan fingerprint density at radius 1 is 1.06 bits per heavy atom. The molecule has 0 saturated heterocycles. The zero-order valence-electron chi connectivity index (χ0n) is 18.1. The van der Waals surface area contributed by atoms with Crippen LogP contribution in [0.3, 0.4) is 0 Å². The highest BCUT2D eigenvalue weighted by molar-refractivity contribution is 5.95. The Bertz CT molecular complexity index is 1010. The molecule has 162 valence electrons. The van der Waals surface area contributed by atoms with Crippen LogP contribution in [0.2, 0.25) is 0 Å². The van der Waals surface area contributed by atoms with Gasteiger partial charge in [0.15, 0.2) is 5.78 Å². The summed E-state index contributed by atoms with van der Waals surface area (Å²) in [6.45, 7) is 5.39. The van der Waals surface area contributed by atoms with Gasteiger partial charge in [-0.3, -0.25) is 9.69 Å². The van der Waals surface area contributed by atoms with Crippen LogP contribution in [0.4, 0.5) is 4.79 Å². The van der Waals surface area contributed by atoms with Crippen LogP contribution in [0.5, 0.6) is 5.75 Å². The molecule has 1 aliphatic rings. The average molecular weight is 422 g/mol. The predicted octanol–water partition coefficient (Wildman–Crippen LogP) is 3.79. The van der Waals surface area contributed by atoms with Crippen LogP contribution in [0.25, 0.3) is 0 Å². The molecule has 1 N–H and O–H groups in total. The van der Waals surface area contributed by atoms with Gasteiger partial charge in [-0.25, -0.2) is 9.59 Å². The number of esters is 1. The van der Waals surface area contributed by atoms with Gasteiger partial charge in [-0.2, -0.15) is 0 Å². The molecule has 0 radical (unpaired) electrons. The standard InChI is InChI=1S/C24H26N2O5/c1-5-30-23(28)21-20(14-31-19-12-10-17(11-13-19)16(3)27)26(4)24(29)25-22(21)18-8-6-15(2)7-9-18/h6-13,22H,5,14H2,1-4H3,(H,25,29). The lowest BCUT2D eigenvalue weighted by atomic mass is 9.94. The largest absolute Gasteiger partial charge is 0.487 e. The summed E-state index contributed by atoms with van der Waals surface area (Å²) >= 11 is 0. The average Bonchev–Trinajstić information content (AvgIpc) is 2.75. The predicted molar refractivity (Wildman–Crippen MR) is 116 cm³/mol. The maximum absolute atomic E-state index is 12.9. The Hall–Kier alpha value is -3.61. The highest BCUT2D eigenvalue weighted by Gasteiger charge is 2.37. The summed E-state index contributed by atoms with van der Waals surface area (Å²) in [5.74, 6) is -0.0269. The second-order valence-electron chi connectivity index (χ2n) is 7.30. The number of nitrogens with one attached hydrogen (secondary N) is 1. The van der Waals surface area contributed by atoms with Crippen LogP contribution in [-0.2, 0) is 9.53 Å². The fourth-order valence-corrected chi connectivity index (χ4v) is 3.33. The SMILES string of the molecule is CCOC(=O)C1=C(COc2ccc(C(C)=O)cc2)N(C)C(=O)NC1c1ccc(C)cc1. The number of rotatable bonds is 7. The van der Waals surface area contributed by atoms with Gasteiger partial charge < -0.3 is 14.8 Å². The van der Waals surface area contributed by atoms with E-state index in [4.69, 9.17) is 9.47 Å². The first-order chi connectivity index (χ1) is 14.8. The number of ether oxygens (including phenoxy) is 2. The van der Waals surface area contributed by atoms with Crippen molar-refractivity contribution in [3.8, 4) is 5.75 Å². The van der Waals surface area contributed by atoms with Crippen molar-refractivity contribution < 1.29 is 23.9 Å². The van der Waals surface area contributed by atoms with Gasteiger partial charge >= 0.3 is 12.0 Å². The minimum Gasteiger partial charge on any atom is -0.487 e. The van der Waals surface area contributed by atoms with Gasteiger partial charge in [0.1, 0.15) is 12.4 Å². The summed E-state index contributed by atoms with van der Waals surface area (Å²) in [4.78, 5) is 38.4. The third-order valence-electron chi connectivity index (χ3n) is 5.12. The van der Waals surface area contributed by atoms with Crippen molar-refractivity contribution in [3.05, 3.63) is 76.5 Å². The van der Waals surface area contributed by atoms with Crippen molar-refractivity contribution in [3.63, 3.8) is 0 Å². The van der Waals surface area contributed by atoms with Gasteiger partial charge in [0, 0.05) is 12.6 Å². The molecular formula is C24H26N2O5. The molecular weight excluding hydrogens is 396 g/mol. The first-order valence-corrected chi connectivity index (χ1v) is 10.1. The van der Waals surface area contributed by atoms with E-state index in [9.17, 15) is 14.4 Å². The minimum atomic E-state index is -0.651. The molecule has 3 rings (SSSR count). The van der Waals surface area contributed by atoms with Gasteiger partial charge in [0.25, 0.3) is 0 Å². The number of hydrogen-bond acceptors (Lipinski definition) is 5. The van der Waals surface area contributed by atoms with Crippen molar-refractivity contribution in [1.29, 1.82) is 0 Å². The third kappa shape index (κ3) is 4.94. The van der Waals surface area contributed by atoms with Crippen LogP contribution in [0.1, 0.15) is 41.4 Å². The zero-order chi connectivity index (χ0) is 22.5. The molecule has 1 heterocycles. The van der Waals surface area contributed by atoms with E-state index in [0.717, 1.165) is 11.1 Å². The molecule has 1 unspecified atom stereocenters. The van der Waals surface area contributed by atoms with E-state index in [1.54, 1.807) is 38.2 Å². The number of urea groups is 1. The fraction of sp³-hybridized carbons (Fsp3) is 0.292. The molecule has 0 aromatic heterocycles. The number of aryl methyl sites for hydroxylation is 1. The molecule has 0 spiro atoms. The van der Waals surface area contributed by atoms with Crippen molar-refractivity contribution >= 4 is 17.8 Å².